The molecule has 13 heavy (non-hydrogen) atoms. The largest absolute Gasteiger partial charge is 0.299 e. The van der Waals surface area contributed by atoms with Crippen LogP contribution in [0.3, 0.4) is 0 Å². The van der Waals surface area contributed by atoms with Crippen molar-refractivity contribution in [3.05, 3.63) is 0 Å². The van der Waals surface area contributed by atoms with E-state index in [-0.39, 0.29) is 0 Å². The Labute approximate surface area is 80.9 Å². The molecular weight excluding hydrogens is 160 g/mol. The van der Waals surface area contributed by atoms with Crippen molar-refractivity contribution >= 4 is 5.78 Å². The molecule has 0 unspecified atom stereocenters. The van der Waals surface area contributed by atoms with Crippen LogP contribution in [0.5, 0.6) is 0 Å². The van der Waals surface area contributed by atoms with Crippen LogP contribution in [0.2, 0.25) is 0 Å². The summed E-state index contributed by atoms with van der Waals surface area (Å²) in [5.74, 6) is 2.44. The fraction of sp³-hybridized carbons (Fsp3) is 0.917. The van der Waals surface area contributed by atoms with Gasteiger partial charge < -0.3 is 0 Å². The predicted molar refractivity (Wildman–Crippen MR) is 53.5 cm³/mol. The highest BCUT2D eigenvalue weighted by Crippen LogP contribution is 2.40. The van der Waals surface area contributed by atoms with E-state index in [2.05, 4.69) is 6.92 Å². The van der Waals surface area contributed by atoms with Gasteiger partial charge in [0, 0.05) is 12.3 Å². The maximum atomic E-state index is 11.9. The standard InChI is InChI=1S/C12H20O/c1-9-5-4-7-10-6-2-3-8-11(13)12(9)10/h9-10,12H,2-8H2,1H3/t9-,10+,12-/m1/s1. The normalized spacial score (nSPS) is 41.0. The smallest absolute Gasteiger partial charge is 0.136 e. The molecule has 2 fully saturated rings. The second-order valence-corrected chi connectivity index (χ2v) is 4.91. The third-order valence-corrected chi connectivity index (χ3v) is 3.98. The molecular formula is C12H20O. The second kappa shape index (κ2) is 3.81. The zero-order valence-electron chi connectivity index (χ0n) is 8.59. The zero-order valence-corrected chi connectivity index (χ0v) is 8.59. The third-order valence-electron chi connectivity index (χ3n) is 3.98. The second-order valence-electron chi connectivity index (χ2n) is 4.91. The molecule has 0 aliphatic heterocycles. The van der Waals surface area contributed by atoms with E-state index in [0.29, 0.717) is 17.6 Å². The lowest BCUT2D eigenvalue weighted by atomic mass is 9.70. The highest BCUT2D eigenvalue weighted by atomic mass is 16.1. The molecule has 2 saturated carbocycles. The molecule has 0 heterocycles. The van der Waals surface area contributed by atoms with Gasteiger partial charge in [0.1, 0.15) is 5.78 Å². The number of Topliss-reactive ketones (excluding diaryl/α,β-unsaturated/α-hetero) is 1. The van der Waals surface area contributed by atoms with Gasteiger partial charge in [-0.15, -0.1) is 0 Å². The van der Waals surface area contributed by atoms with Crippen LogP contribution >= 0.6 is 0 Å². The van der Waals surface area contributed by atoms with Crippen molar-refractivity contribution in [3.63, 3.8) is 0 Å². The van der Waals surface area contributed by atoms with Gasteiger partial charge in [0.15, 0.2) is 0 Å². The molecule has 2 aliphatic rings. The summed E-state index contributed by atoms with van der Waals surface area (Å²) in [6.07, 6.45) is 8.59. The average Bonchev–Trinajstić information content (AvgIpc) is 2.29. The van der Waals surface area contributed by atoms with Gasteiger partial charge in [0.2, 0.25) is 0 Å². The summed E-state index contributed by atoms with van der Waals surface area (Å²) < 4.78 is 0. The van der Waals surface area contributed by atoms with E-state index in [1.807, 2.05) is 0 Å². The van der Waals surface area contributed by atoms with Crippen LogP contribution in [0.15, 0.2) is 0 Å². The molecule has 2 aliphatic carbocycles. The molecule has 0 amide bonds. The minimum absolute atomic E-state index is 0.441. The predicted octanol–water partition coefficient (Wildman–Crippen LogP) is 3.18. The first-order valence-corrected chi connectivity index (χ1v) is 5.82. The molecule has 0 bridgehead atoms. The average molecular weight is 180 g/mol. The number of carbonyl (C=O) groups excluding carboxylic acids is 1. The van der Waals surface area contributed by atoms with Gasteiger partial charge in [0.05, 0.1) is 0 Å². The molecule has 1 nitrogen and oxygen atoms in total. The van der Waals surface area contributed by atoms with Crippen LogP contribution in [0.25, 0.3) is 0 Å². The van der Waals surface area contributed by atoms with Crippen molar-refractivity contribution in [1.82, 2.24) is 0 Å². The van der Waals surface area contributed by atoms with Crippen LogP contribution in [-0.2, 0) is 4.79 Å². The summed E-state index contributed by atoms with van der Waals surface area (Å²) in [7, 11) is 0. The third kappa shape index (κ3) is 1.79. The van der Waals surface area contributed by atoms with Crippen LogP contribution in [0.1, 0.15) is 51.9 Å². The number of rotatable bonds is 0. The van der Waals surface area contributed by atoms with Crippen molar-refractivity contribution in [2.24, 2.45) is 17.8 Å². The molecule has 74 valence electrons. The van der Waals surface area contributed by atoms with Crippen molar-refractivity contribution in [1.29, 1.82) is 0 Å². The summed E-state index contributed by atoms with van der Waals surface area (Å²) in [4.78, 5) is 11.9. The Kier molecular flexibility index (Phi) is 2.71. The Balaban J connectivity index is 2.13. The Hall–Kier alpha value is -0.330. The molecule has 0 aromatic rings. The van der Waals surface area contributed by atoms with E-state index in [4.69, 9.17) is 0 Å². The van der Waals surface area contributed by atoms with Crippen molar-refractivity contribution in [2.75, 3.05) is 0 Å². The Morgan fingerprint density at radius 2 is 1.85 bits per heavy atom. The first-order chi connectivity index (χ1) is 6.29. The van der Waals surface area contributed by atoms with Crippen LogP contribution in [0, 0.1) is 17.8 Å². The van der Waals surface area contributed by atoms with Crippen LogP contribution < -0.4 is 0 Å². The molecule has 0 aromatic carbocycles. The van der Waals surface area contributed by atoms with Crippen LogP contribution in [0.4, 0.5) is 0 Å². The van der Waals surface area contributed by atoms with E-state index < -0.39 is 0 Å². The lowest BCUT2D eigenvalue weighted by Gasteiger charge is -2.34. The van der Waals surface area contributed by atoms with Crippen LogP contribution in [-0.4, -0.2) is 5.78 Å². The maximum absolute atomic E-state index is 11.9. The Morgan fingerprint density at radius 1 is 1.08 bits per heavy atom. The lowest BCUT2D eigenvalue weighted by Crippen LogP contribution is -2.31. The number of ketones is 1. The fourth-order valence-corrected chi connectivity index (χ4v) is 3.30. The van der Waals surface area contributed by atoms with Gasteiger partial charge in [-0.2, -0.15) is 0 Å². The molecule has 0 saturated heterocycles. The van der Waals surface area contributed by atoms with Gasteiger partial charge in [-0.25, -0.2) is 0 Å². The highest BCUT2D eigenvalue weighted by molar-refractivity contribution is 5.81. The van der Waals surface area contributed by atoms with E-state index in [9.17, 15) is 4.79 Å². The molecule has 0 aromatic heterocycles. The molecule has 2 rings (SSSR count). The van der Waals surface area contributed by atoms with E-state index >= 15 is 0 Å². The fourth-order valence-electron chi connectivity index (χ4n) is 3.30. The first-order valence-electron chi connectivity index (χ1n) is 5.82. The van der Waals surface area contributed by atoms with Crippen molar-refractivity contribution in [3.8, 4) is 0 Å². The van der Waals surface area contributed by atoms with Gasteiger partial charge in [0.25, 0.3) is 0 Å². The van der Waals surface area contributed by atoms with Gasteiger partial charge in [-0.1, -0.05) is 26.2 Å². The summed E-state index contributed by atoms with van der Waals surface area (Å²) >= 11 is 0. The SMILES string of the molecule is C[C@@H]1CCC[C@@H]2CCCCC(=O)[C@@H]21. The van der Waals surface area contributed by atoms with E-state index in [1.165, 1.54) is 32.1 Å². The zero-order chi connectivity index (χ0) is 9.26. The Morgan fingerprint density at radius 3 is 2.69 bits per heavy atom. The summed E-state index contributed by atoms with van der Waals surface area (Å²) in [6.45, 7) is 2.28. The van der Waals surface area contributed by atoms with Crippen molar-refractivity contribution < 1.29 is 4.79 Å². The topological polar surface area (TPSA) is 17.1 Å². The minimum atomic E-state index is 0.441. The molecule has 0 spiro atoms. The number of hydrogen-bond acceptors (Lipinski definition) is 1. The molecule has 1 heteroatoms. The van der Waals surface area contributed by atoms with Crippen molar-refractivity contribution in [2.45, 2.75) is 51.9 Å². The summed E-state index contributed by atoms with van der Waals surface area (Å²) in [6, 6.07) is 0. The first kappa shape index (κ1) is 9.23. The number of hydrogen-bond donors (Lipinski definition) is 0. The minimum Gasteiger partial charge on any atom is -0.299 e. The number of carbonyl (C=O) groups is 1. The highest BCUT2D eigenvalue weighted by Gasteiger charge is 2.36. The lowest BCUT2D eigenvalue weighted by molar-refractivity contribution is -0.126. The maximum Gasteiger partial charge on any atom is 0.136 e. The summed E-state index contributed by atoms with van der Waals surface area (Å²) in [5, 5.41) is 0. The summed E-state index contributed by atoms with van der Waals surface area (Å²) in [5.41, 5.74) is 0. The van der Waals surface area contributed by atoms with Gasteiger partial charge in [-0.3, -0.25) is 4.79 Å². The van der Waals surface area contributed by atoms with Gasteiger partial charge >= 0.3 is 0 Å². The molecule has 0 radical (unpaired) electrons. The molecule has 3 atom stereocenters. The molecule has 0 N–H and O–H groups in total. The quantitative estimate of drug-likeness (QED) is 0.559. The Bertz CT molecular complexity index is 197. The number of fused-ring (bicyclic) bond motifs is 1. The van der Waals surface area contributed by atoms with Gasteiger partial charge in [-0.05, 0) is 31.1 Å². The van der Waals surface area contributed by atoms with E-state index in [0.717, 1.165) is 18.8 Å². The van der Waals surface area contributed by atoms with E-state index in [1.54, 1.807) is 0 Å². The monoisotopic (exact) mass is 180 g/mol.